The molecule has 154 valence electrons. The molecule has 4 rings (SSSR count). The smallest absolute Gasteiger partial charge is 0.261 e. The molecule has 0 unspecified atom stereocenters. The van der Waals surface area contributed by atoms with Crippen molar-refractivity contribution in [2.24, 2.45) is 11.3 Å². The van der Waals surface area contributed by atoms with Crippen LogP contribution in [-0.2, 0) is 12.8 Å². The Balaban J connectivity index is 1.58. The summed E-state index contributed by atoms with van der Waals surface area (Å²) in [6.45, 7) is 6.93. The molecule has 2 aromatic heterocycles. The SMILES string of the molecule is CC(C)(C)[C@H]1CCc2nc3sc(C(=O)N[C@H](CC#N)c4ccccc4)cc3cc2C1. The lowest BCUT2D eigenvalue weighted by molar-refractivity contribution is 0.0941. The topological polar surface area (TPSA) is 65.8 Å². The highest BCUT2D eigenvalue weighted by molar-refractivity contribution is 7.20. The fraction of sp³-hybridized carbons (Fsp3) is 0.400. The van der Waals surface area contributed by atoms with Crippen molar-refractivity contribution in [1.82, 2.24) is 10.3 Å². The van der Waals surface area contributed by atoms with E-state index in [1.54, 1.807) is 0 Å². The molecule has 4 nitrogen and oxygen atoms in total. The van der Waals surface area contributed by atoms with Gasteiger partial charge in [0.2, 0.25) is 0 Å². The number of aromatic nitrogens is 1. The summed E-state index contributed by atoms with van der Waals surface area (Å²) in [5.74, 6) is 0.510. The minimum Gasteiger partial charge on any atom is -0.343 e. The number of nitrogens with one attached hydrogen (secondary N) is 1. The van der Waals surface area contributed by atoms with Crippen molar-refractivity contribution in [3.8, 4) is 6.07 Å². The van der Waals surface area contributed by atoms with E-state index >= 15 is 0 Å². The number of thiophene rings is 1. The Morgan fingerprint density at radius 3 is 2.77 bits per heavy atom. The summed E-state index contributed by atoms with van der Waals surface area (Å²) < 4.78 is 0. The molecule has 2 atom stereocenters. The summed E-state index contributed by atoms with van der Waals surface area (Å²) in [5, 5.41) is 13.3. The molecule has 0 saturated carbocycles. The van der Waals surface area contributed by atoms with Gasteiger partial charge < -0.3 is 5.32 Å². The van der Waals surface area contributed by atoms with Gasteiger partial charge in [0.1, 0.15) is 4.83 Å². The lowest BCUT2D eigenvalue weighted by atomic mass is 9.71. The average Bonchev–Trinajstić information content (AvgIpc) is 3.14. The van der Waals surface area contributed by atoms with E-state index < -0.39 is 0 Å². The number of carbonyl (C=O) groups excluding carboxylic acids is 1. The van der Waals surface area contributed by atoms with Crippen LogP contribution in [-0.4, -0.2) is 10.9 Å². The second-order valence-corrected chi connectivity index (χ2v) is 10.2. The van der Waals surface area contributed by atoms with Crippen LogP contribution in [0.15, 0.2) is 42.5 Å². The van der Waals surface area contributed by atoms with E-state index in [4.69, 9.17) is 4.98 Å². The van der Waals surface area contributed by atoms with Gasteiger partial charge in [-0.05, 0) is 53.9 Å². The van der Waals surface area contributed by atoms with Gasteiger partial charge in [0.15, 0.2) is 0 Å². The predicted molar refractivity (Wildman–Crippen MR) is 121 cm³/mol. The van der Waals surface area contributed by atoms with E-state index in [1.807, 2.05) is 36.4 Å². The Labute approximate surface area is 182 Å². The minimum absolute atomic E-state index is 0.146. The van der Waals surface area contributed by atoms with Crippen molar-refractivity contribution in [3.63, 3.8) is 0 Å². The highest BCUT2D eigenvalue weighted by Crippen LogP contribution is 2.38. The van der Waals surface area contributed by atoms with E-state index in [9.17, 15) is 10.1 Å². The number of rotatable bonds is 4. The molecule has 0 aliphatic heterocycles. The quantitative estimate of drug-likeness (QED) is 0.580. The maximum Gasteiger partial charge on any atom is 0.261 e. The molecule has 0 spiro atoms. The Bertz CT molecular complexity index is 1110. The van der Waals surface area contributed by atoms with Crippen molar-refractivity contribution in [2.45, 2.75) is 52.5 Å². The van der Waals surface area contributed by atoms with E-state index in [2.05, 4.69) is 38.2 Å². The van der Waals surface area contributed by atoms with Gasteiger partial charge in [-0.15, -0.1) is 11.3 Å². The number of carbonyl (C=O) groups is 1. The van der Waals surface area contributed by atoms with Crippen LogP contribution in [0, 0.1) is 22.7 Å². The number of nitriles is 1. The van der Waals surface area contributed by atoms with E-state index in [-0.39, 0.29) is 18.4 Å². The summed E-state index contributed by atoms with van der Waals surface area (Å²) in [6.07, 6.45) is 3.46. The van der Waals surface area contributed by atoms with Gasteiger partial charge in [0, 0.05) is 11.1 Å². The van der Waals surface area contributed by atoms with Gasteiger partial charge in [0.25, 0.3) is 5.91 Å². The van der Waals surface area contributed by atoms with Crippen LogP contribution in [0.25, 0.3) is 10.2 Å². The normalized spacial score (nSPS) is 17.2. The molecule has 5 heteroatoms. The molecule has 2 heterocycles. The van der Waals surface area contributed by atoms with E-state index in [1.165, 1.54) is 29.0 Å². The van der Waals surface area contributed by atoms with Crippen molar-refractivity contribution >= 4 is 27.5 Å². The van der Waals surface area contributed by atoms with Gasteiger partial charge in [-0.25, -0.2) is 4.98 Å². The number of benzene rings is 1. The fourth-order valence-corrected chi connectivity index (χ4v) is 5.17. The number of hydrogen-bond acceptors (Lipinski definition) is 4. The number of aryl methyl sites for hydroxylation is 1. The van der Waals surface area contributed by atoms with Crippen LogP contribution in [0.4, 0.5) is 0 Å². The fourth-order valence-electron chi connectivity index (χ4n) is 4.23. The van der Waals surface area contributed by atoms with Crippen molar-refractivity contribution in [2.75, 3.05) is 0 Å². The number of fused-ring (bicyclic) bond motifs is 2. The highest BCUT2D eigenvalue weighted by atomic mass is 32.1. The number of pyridine rings is 1. The molecule has 0 bridgehead atoms. The third-order valence-electron chi connectivity index (χ3n) is 6.12. The van der Waals surface area contributed by atoms with Crippen molar-refractivity contribution in [1.29, 1.82) is 5.26 Å². The van der Waals surface area contributed by atoms with Gasteiger partial charge in [-0.1, -0.05) is 51.1 Å². The monoisotopic (exact) mass is 417 g/mol. The largest absolute Gasteiger partial charge is 0.343 e. The highest BCUT2D eigenvalue weighted by Gasteiger charge is 2.29. The van der Waals surface area contributed by atoms with Gasteiger partial charge in [-0.3, -0.25) is 4.79 Å². The molecule has 1 amide bonds. The Kier molecular flexibility index (Phi) is 5.62. The van der Waals surface area contributed by atoms with Crippen LogP contribution in [0.2, 0.25) is 0 Å². The van der Waals surface area contributed by atoms with Crippen LogP contribution >= 0.6 is 11.3 Å². The number of amides is 1. The van der Waals surface area contributed by atoms with E-state index in [0.29, 0.717) is 16.2 Å². The van der Waals surface area contributed by atoms with Crippen LogP contribution in [0.1, 0.15) is 66.1 Å². The maximum absolute atomic E-state index is 12.9. The zero-order valence-electron chi connectivity index (χ0n) is 17.7. The summed E-state index contributed by atoms with van der Waals surface area (Å²) in [7, 11) is 0. The Morgan fingerprint density at radius 2 is 2.07 bits per heavy atom. The van der Waals surface area contributed by atoms with Crippen LogP contribution < -0.4 is 5.32 Å². The number of nitrogens with zero attached hydrogens (tertiary/aromatic N) is 2. The molecular weight excluding hydrogens is 390 g/mol. The Hall–Kier alpha value is -2.71. The molecule has 3 aromatic rings. The average molecular weight is 418 g/mol. The van der Waals surface area contributed by atoms with E-state index in [0.717, 1.165) is 28.6 Å². The summed E-state index contributed by atoms with van der Waals surface area (Å²) in [5.41, 5.74) is 3.74. The minimum atomic E-state index is -0.317. The number of hydrogen-bond donors (Lipinski definition) is 1. The lowest BCUT2D eigenvalue weighted by Crippen LogP contribution is -2.27. The third kappa shape index (κ3) is 4.24. The predicted octanol–water partition coefficient (Wildman–Crippen LogP) is 5.83. The molecule has 1 aromatic carbocycles. The molecular formula is C25H27N3OS. The summed E-state index contributed by atoms with van der Waals surface area (Å²) in [6, 6.07) is 15.7. The maximum atomic E-state index is 12.9. The summed E-state index contributed by atoms with van der Waals surface area (Å²) in [4.78, 5) is 19.4. The van der Waals surface area contributed by atoms with Gasteiger partial charge in [0.05, 0.1) is 23.4 Å². The zero-order chi connectivity index (χ0) is 21.3. The molecule has 0 fully saturated rings. The van der Waals surface area contributed by atoms with Crippen LogP contribution in [0.5, 0.6) is 0 Å². The zero-order valence-corrected chi connectivity index (χ0v) is 18.6. The second-order valence-electron chi connectivity index (χ2n) is 9.20. The first-order chi connectivity index (χ1) is 14.3. The first-order valence-corrected chi connectivity index (χ1v) is 11.3. The second kappa shape index (κ2) is 8.20. The molecule has 0 radical (unpaired) electrons. The Morgan fingerprint density at radius 1 is 1.30 bits per heavy atom. The van der Waals surface area contributed by atoms with Crippen molar-refractivity contribution in [3.05, 3.63) is 64.2 Å². The van der Waals surface area contributed by atoms with Crippen LogP contribution in [0.3, 0.4) is 0 Å². The molecule has 0 saturated heterocycles. The molecule has 1 N–H and O–H groups in total. The molecule has 1 aliphatic rings. The molecule has 1 aliphatic carbocycles. The van der Waals surface area contributed by atoms with Gasteiger partial charge in [-0.2, -0.15) is 5.26 Å². The van der Waals surface area contributed by atoms with Crippen molar-refractivity contribution < 1.29 is 4.79 Å². The standard InChI is InChI=1S/C25H27N3OS/c1-25(2,3)19-9-10-20-17(14-19)13-18-15-22(30-24(18)28-20)23(29)27-21(11-12-26)16-7-5-4-6-8-16/h4-8,13,15,19,21H,9-11,14H2,1-3H3,(H,27,29)/t19-,21+/m0/s1. The van der Waals surface area contributed by atoms with Gasteiger partial charge >= 0.3 is 0 Å². The summed E-state index contributed by atoms with van der Waals surface area (Å²) >= 11 is 1.43. The third-order valence-corrected chi connectivity index (χ3v) is 7.17. The molecule has 30 heavy (non-hydrogen) atoms. The lowest BCUT2D eigenvalue weighted by Gasteiger charge is -2.34. The first kappa shape index (κ1) is 20.6. The first-order valence-electron chi connectivity index (χ1n) is 10.5.